The lowest BCUT2D eigenvalue weighted by Gasteiger charge is -2.08. The fraction of sp³-hybridized carbons (Fsp3) is 0.176. The lowest BCUT2D eigenvalue weighted by Crippen LogP contribution is -2.15. The molecule has 126 valence electrons. The summed E-state index contributed by atoms with van der Waals surface area (Å²) in [6.07, 6.45) is 1.03. The van der Waals surface area contributed by atoms with Gasteiger partial charge in [0.15, 0.2) is 22.2 Å². The van der Waals surface area contributed by atoms with E-state index < -0.39 is 34.0 Å². The minimum absolute atomic E-state index is 0.00934. The molecule has 0 saturated heterocycles. The van der Waals surface area contributed by atoms with E-state index in [9.17, 15) is 22.4 Å². The van der Waals surface area contributed by atoms with E-state index in [-0.39, 0.29) is 16.0 Å². The first kappa shape index (κ1) is 17.8. The molecule has 2 aromatic carbocycles. The van der Waals surface area contributed by atoms with Gasteiger partial charge in [0, 0.05) is 11.8 Å². The van der Waals surface area contributed by atoms with Gasteiger partial charge < -0.3 is 4.74 Å². The Morgan fingerprint density at radius 3 is 2.29 bits per heavy atom. The normalized spacial score (nSPS) is 11.1. The van der Waals surface area contributed by atoms with Crippen LogP contribution in [-0.4, -0.2) is 33.0 Å². The van der Waals surface area contributed by atoms with Gasteiger partial charge in [0.05, 0.1) is 10.5 Å². The van der Waals surface area contributed by atoms with Crippen LogP contribution in [0, 0.1) is 12.7 Å². The average Bonchev–Trinajstić information content (AvgIpc) is 2.52. The van der Waals surface area contributed by atoms with Crippen LogP contribution in [0.4, 0.5) is 4.39 Å². The number of benzene rings is 2. The highest BCUT2D eigenvalue weighted by Gasteiger charge is 2.17. The van der Waals surface area contributed by atoms with Crippen molar-refractivity contribution in [1.82, 2.24) is 0 Å². The lowest BCUT2D eigenvalue weighted by molar-refractivity contribution is 0.0473. The fourth-order valence-corrected chi connectivity index (χ4v) is 2.63. The molecule has 0 aliphatic carbocycles. The predicted octanol–water partition coefficient (Wildman–Crippen LogP) is 2.58. The molecule has 0 spiro atoms. The molecule has 0 atom stereocenters. The van der Waals surface area contributed by atoms with Crippen LogP contribution in [0.15, 0.2) is 47.4 Å². The lowest BCUT2D eigenvalue weighted by atomic mass is 10.1. The van der Waals surface area contributed by atoms with Gasteiger partial charge in [-0.1, -0.05) is 6.07 Å². The number of carbonyl (C=O) groups excluding carboxylic acids is 2. The van der Waals surface area contributed by atoms with E-state index >= 15 is 0 Å². The van der Waals surface area contributed by atoms with Crippen LogP contribution in [0.2, 0.25) is 0 Å². The van der Waals surface area contributed by atoms with Crippen molar-refractivity contribution in [3.05, 3.63) is 65.0 Å². The van der Waals surface area contributed by atoms with Crippen molar-refractivity contribution in [3.63, 3.8) is 0 Å². The molecule has 7 heteroatoms. The molecule has 0 bridgehead atoms. The Morgan fingerprint density at radius 2 is 1.71 bits per heavy atom. The van der Waals surface area contributed by atoms with Crippen molar-refractivity contribution in [2.24, 2.45) is 0 Å². The number of ether oxygens (including phenoxy) is 1. The van der Waals surface area contributed by atoms with Crippen molar-refractivity contribution in [2.75, 3.05) is 12.9 Å². The smallest absolute Gasteiger partial charge is 0.338 e. The summed E-state index contributed by atoms with van der Waals surface area (Å²) < 4.78 is 40.9. The molecule has 0 N–H and O–H groups in total. The Morgan fingerprint density at radius 1 is 1.08 bits per heavy atom. The molecule has 0 aliphatic rings. The largest absolute Gasteiger partial charge is 0.454 e. The predicted molar refractivity (Wildman–Crippen MR) is 85.3 cm³/mol. The zero-order valence-corrected chi connectivity index (χ0v) is 13.9. The summed E-state index contributed by atoms with van der Waals surface area (Å²) in [5.41, 5.74) is 0.817. The third-order valence-corrected chi connectivity index (χ3v) is 4.47. The number of carbonyl (C=O) groups is 2. The quantitative estimate of drug-likeness (QED) is 0.612. The second-order valence-corrected chi connectivity index (χ2v) is 7.27. The van der Waals surface area contributed by atoms with Crippen LogP contribution >= 0.6 is 0 Å². The maximum Gasteiger partial charge on any atom is 0.338 e. The average molecular weight is 350 g/mol. The van der Waals surface area contributed by atoms with E-state index in [1.165, 1.54) is 30.3 Å². The maximum atomic E-state index is 12.8. The first-order valence-corrected chi connectivity index (χ1v) is 8.84. The molecule has 0 heterocycles. The number of aryl methyl sites for hydroxylation is 1. The summed E-state index contributed by atoms with van der Waals surface area (Å²) in [7, 11) is -3.46. The molecule has 2 rings (SSSR count). The number of hydrogen-bond acceptors (Lipinski definition) is 5. The second kappa shape index (κ2) is 6.92. The van der Waals surface area contributed by atoms with Crippen LogP contribution in [-0.2, 0) is 14.6 Å². The van der Waals surface area contributed by atoms with Crippen molar-refractivity contribution >= 4 is 21.6 Å². The zero-order chi connectivity index (χ0) is 17.9. The first-order valence-electron chi connectivity index (χ1n) is 6.95. The van der Waals surface area contributed by atoms with E-state index in [1.807, 2.05) is 0 Å². The summed E-state index contributed by atoms with van der Waals surface area (Å²) in [5.74, 6) is -1.76. The van der Waals surface area contributed by atoms with Crippen LogP contribution in [0.25, 0.3) is 0 Å². The Kier molecular flexibility index (Phi) is 5.14. The van der Waals surface area contributed by atoms with Crippen LogP contribution in [0.5, 0.6) is 0 Å². The van der Waals surface area contributed by atoms with E-state index in [2.05, 4.69) is 0 Å². The van der Waals surface area contributed by atoms with E-state index in [4.69, 9.17) is 4.74 Å². The Labute approximate surface area is 139 Å². The van der Waals surface area contributed by atoms with Crippen LogP contribution < -0.4 is 0 Å². The first-order chi connectivity index (χ1) is 11.2. The van der Waals surface area contributed by atoms with Crippen molar-refractivity contribution in [1.29, 1.82) is 0 Å². The number of sulfone groups is 1. The molecule has 0 aromatic heterocycles. The molecule has 0 radical (unpaired) electrons. The van der Waals surface area contributed by atoms with Gasteiger partial charge in [0.1, 0.15) is 5.82 Å². The zero-order valence-electron chi connectivity index (χ0n) is 13.1. The summed E-state index contributed by atoms with van der Waals surface area (Å²) in [5, 5.41) is 0. The third-order valence-electron chi connectivity index (χ3n) is 3.36. The second-order valence-electron chi connectivity index (χ2n) is 5.26. The molecule has 0 unspecified atom stereocenters. The summed E-state index contributed by atoms with van der Waals surface area (Å²) in [4.78, 5) is 24.0. The van der Waals surface area contributed by atoms with Gasteiger partial charge in [-0.05, 0) is 48.9 Å². The SMILES string of the molecule is Cc1ccc(S(C)(=O)=O)cc1C(=O)OCC(=O)c1ccc(F)cc1. The highest BCUT2D eigenvalue weighted by molar-refractivity contribution is 7.90. The summed E-state index contributed by atoms with van der Waals surface area (Å²) in [6.45, 7) is 1.11. The van der Waals surface area contributed by atoms with Crippen molar-refractivity contribution in [3.8, 4) is 0 Å². The van der Waals surface area contributed by atoms with Gasteiger partial charge in [-0.2, -0.15) is 0 Å². The molecular weight excluding hydrogens is 335 g/mol. The minimum atomic E-state index is -3.46. The number of hydrogen-bond donors (Lipinski definition) is 0. The number of Topliss-reactive ketones (excluding diaryl/α,β-unsaturated/α-hetero) is 1. The van der Waals surface area contributed by atoms with Gasteiger partial charge >= 0.3 is 5.97 Å². The van der Waals surface area contributed by atoms with Gasteiger partial charge in [-0.15, -0.1) is 0 Å². The number of halogens is 1. The van der Waals surface area contributed by atoms with Crippen molar-refractivity contribution in [2.45, 2.75) is 11.8 Å². The highest BCUT2D eigenvalue weighted by Crippen LogP contribution is 2.17. The van der Waals surface area contributed by atoms with Crippen LogP contribution in [0.3, 0.4) is 0 Å². The van der Waals surface area contributed by atoms with Gasteiger partial charge in [0.2, 0.25) is 0 Å². The number of ketones is 1. The highest BCUT2D eigenvalue weighted by atomic mass is 32.2. The monoisotopic (exact) mass is 350 g/mol. The molecule has 0 aliphatic heterocycles. The fourth-order valence-electron chi connectivity index (χ4n) is 1.98. The third kappa shape index (κ3) is 4.26. The molecule has 0 amide bonds. The molecule has 0 saturated carbocycles. The molecule has 5 nitrogen and oxygen atoms in total. The Bertz CT molecular complexity index is 886. The Balaban J connectivity index is 2.12. The van der Waals surface area contributed by atoms with Gasteiger partial charge in [-0.25, -0.2) is 17.6 Å². The van der Waals surface area contributed by atoms with E-state index in [0.29, 0.717) is 5.56 Å². The standard InChI is InChI=1S/C17H15FO5S/c1-11-3-8-14(24(2,21)22)9-15(11)17(20)23-10-16(19)12-4-6-13(18)7-5-12/h3-9H,10H2,1-2H3. The van der Waals surface area contributed by atoms with Gasteiger partial charge in [0.25, 0.3) is 0 Å². The number of esters is 1. The topological polar surface area (TPSA) is 77.5 Å². The Hall–Kier alpha value is -2.54. The summed E-state index contributed by atoms with van der Waals surface area (Å²) >= 11 is 0. The number of rotatable bonds is 5. The molecular formula is C17H15FO5S. The maximum absolute atomic E-state index is 12.8. The summed E-state index contributed by atoms with van der Waals surface area (Å²) in [6, 6.07) is 8.96. The van der Waals surface area contributed by atoms with E-state index in [0.717, 1.165) is 18.4 Å². The molecule has 0 fully saturated rings. The van der Waals surface area contributed by atoms with Gasteiger partial charge in [-0.3, -0.25) is 4.79 Å². The van der Waals surface area contributed by atoms with E-state index in [1.54, 1.807) is 6.92 Å². The van der Waals surface area contributed by atoms with Crippen molar-refractivity contribution < 1.29 is 27.1 Å². The van der Waals surface area contributed by atoms with Crippen LogP contribution in [0.1, 0.15) is 26.3 Å². The molecule has 2 aromatic rings. The molecule has 24 heavy (non-hydrogen) atoms. The minimum Gasteiger partial charge on any atom is -0.454 e.